The summed E-state index contributed by atoms with van der Waals surface area (Å²) in [4.78, 5) is 23.0. The van der Waals surface area contributed by atoms with Gasteiger partial charge in [-0.15, -0.1) is 0 Å². The molecule has 6 nitrogen and oxygen atoms in total. The Morgan fingerprint density at radius 1 is 1.24 bits per heavy atom. The molecule has 110 valence electrons. The first-order valence-electron chi connectivity index (χ1n) is 7.01. The zero-order valence-electron chi connectivity index (χ0n) is 11.6. The van der Waals surface area contributed by atoms with Crippen molar-refractivity contribution in [1.82, 2.24) is 10.2 Å². The third-order valence-corrected chi connectivity index (χ3v) is 3.94. The van der Waals surface area contributed by atoms with E-state index < -0.39 is 0 Å². The molecule has 1 saturated carbocycles. The number of aromatic amines is 2. The van der Waals surface area contributed by atoms with Crippen LogP contribution in [0, 0.1) is 0 Å². The second-order valence-corrected chi connectivity index (χ2v) is 5.69. The van der Waals surface area contributed by atoms with Crippen LogP contribution >= 0.6 is 0 Å². The average Bonchev–Trinajstić information content (AvgIpc) is 2.84. The van der Waals surface area contributed by atoms with Gasteiger partial charge in [-0.05, 0) is 37.0 Å². The number of carbonyl (C=O) groups is 1. The van der Waals surface area contributed by atoms with Gasteiger partial charge in [0.15, 0.2) is 0 Å². The van der Waals surface area contributed by atoms with Crippen LogP contribution in [0.4, 0.5) is 5.69 Å². The highest BCUT2D eigenvalue weighted by Gasteiger charge is 2.34. The minimum absolute atomic E-state index is 0.0556. The molecule has 0 bridgehead atoms. The lowest BCUT2D eigenvalue weighted by molar-refractivity contribution is -0.118. The fourth-order valence-electron chi connectivity index (χ4n) is 2.55. The number of hydrogen-bond donors (Lipinski definition) is 4. The molecule has 1 amide bonds. The highest BCUT2D eigenvalue weighted by Crippen LogP contribution is 2.32. The van der Waals surface area contributed by atoms with Crippen molar-refractivity contribution in [2.45, 2.75) is 31.2 Å². The number of amides is 1. The van der Waals surface area contributed by atoms with Gasteiger partial charge < -0.3 is 11.1 Å². The molecule has 3 rings (SSSR count). The van der Waals surface area contributed by atoms with Crippen LogP contribution in [0.1, 0.15) is 25.7 Å². The number of nitrogens with two attached hydrogens (primary N) is 1. The van der Waals surface area contributed by atoms with Crippen molar-refractivity contribution in [2.75, 3.05) is 5.32 Å². The summed E-state index contributed by atoms with van der Waals surface area (Å²) < 4.78 is 0. The van der Waals surface area contributed by atoms with E-state index in [-0.39, 0.29) is 17.0 Å². The third-order valence-electron chi connectivity index (χ3n) is 3.94. The number of H-pyrrole nitrogens is 2. The number of aromatic nitrogens is 2. The molecule has 0 spiro atoms. The number of rotatable bonds is 4. The maximum absolute atomic E-state index is 11.9. The van der Waals surface area contributed by atoms with E-state index in [1.165, 1.54) is 6.07 Å². The SMILES string of the molecule is NC1(CC(=O)Nc2ccc(-c3cc(=O)[nH][nH]3)cc2)CCC1. The highest BCUT2D eigenvalue weighted by molar-refractivity contribution is 5.91. The Labute approximate surface area is 121 Å². The van der Waals surface area contributed by atoms with Gasteiger partial charge in [0.1, 0.15) is 0 Å². The fraction of sp³-hybridized carbons (Fsp3) is 0.333. The second kappa shape index (κ2) is 5.21. The maximum atomic E-state index is 11.9. The summed E-state index contributed by atoms with van der Waals surface area (Å²) >= 11 is 0. The summed E-state index contributed by atoms with van der Waals surface area (Å²) in [6.45, 7) is 0. The van der Waals surface area contributed by atoms with Crippen LogP contribution in [0.2, 0.25) is 0 Å². The number of benzene rings is 1. The monoisotopic (exact) mass is 286 g/mol. The van der Waals surface area contributed by atoms with Crippen molar-refractivity contribution in [3.63, 3.8) is 0 Å². The van der Waals surface area contributed by atoms with E-state index >= 15 is 0 Å². The van der Waals surface area contributed by atoms with E-state index in [9.17, 15) is 9.59 Å². The van der Waals surface area contributed by atoms with Gasteiger partial charge in [0.2, 0.25) is 5.91 Å². The number of anilines is 1. The molecule has 21 heavy (non-hydrogen) atoms. The van der Waals surface area contributed by atoms with Crippen LogP contribution in [-0.2, 0) is 4.79 Å². The topological polar surface area (TPSA) is 104 Å². The van der Waals surface area contributed by atoms with Gasteiger partial charge in [0, 0.05) is 23.7 Å². The van der Waals surface area contributed by atoms with E-state index in [2.05, 4.69) is 15.5 Å². The Morgan fingerprint density at radius 2 is 1.95 bits per heavy atom. The zero-order chi connectivity index (χ0) is 14.9. The van der Waals surface area contributed by atoms with Crippen LogP contribution in [0.25, 0.3) is 11.3 Å². The third kappa shape index (κ3) is 3.05. The Kier molecular flexibility index (Phi) is 3.39. The second-order valence-electron chi connectivity index (χ2n) is 5.69. The normalized spacial score (nSPS) is 16.2. The number of carbonyl (C=O) groups excluding carboxylic acids is 1. The Balaban J connectivity index is 1.64. The predicted octanol–water partition coefficient (Wildman–Crippen LogP) is 1.58. The molecule has 5 N–H and O–H groups in total. The predicted molar refractivity (Wildman–Crippen MR) is 80.9 cm³/mol. The van der Waals surface area contributed by atoms with Crippen molar-refractivity contribution in [2.24, 2.45) is 5.73 Å². The van der Waals surface area contributed by atoms with Gasteiger partial charge in [-0.3, -0.25) is 19.8 Å². The van der Waals surface area contributed by atoms with Crippen molar-refractivity contribution in [3.05, 3.63) is 40.7 Å². The van der Waals surface area contributed by atoms with E-state index in [0.29, 0.717) is 12.1 Å². The molecule has 1 aromatic carbocycles. The van der Waals surface area contributed by atoms with Crippen molar-refractivity contribution in [1.29, 1.82) is 0 Å². The molecule has 1 aliphatic carbocycles. The summed E-state index contributed by atoms with van der Waals surface area (Å²) in [6, 6.07) is 8.79. The van der Waals surface area contributed by atoms with Gasteiger partial charge in [-0.1, -0.05) is 12.1 Å². The van der Waals surface area contributed by atoms with Crippen LogP contribution in [0.5, 0.6) is 0 Å². The quantitative estimate of drug-likeness (QED) is 0.686. The highest BCUT2D eigenvalue weighted by atomic mass is 16.1. The Hall–Kier alpha value is -2.34. The van der Waals surface area contributed by atoms with Crippen LogP contribution < -0.4 is 16.6 Å². The van der Waals surface area contributed by atoms with Crippen LogP contribution in [0.15, 0.2) is 35.1 Å². The Bertz CT molecular complexity index is 695. The molecular weight excluding hydrogens is 268 g/mol. The number of hydrogen-bond acceptors (Lipinski definition) is 3. The molecule has 1 heterocycles. The largest absolute Gasteiger partial charge is 0.326 e. The lowest BCUT2D eigenvalue weighted by Crippen LogP contribution is -2.48. The first-order valence-corrected chi connectivity index (χ1v) is 7.01. The smallest absolute Gasteiger partial charge is 0.264 e. The maximum Gasteiger partial charge on any atom is 0.264 e. The van der Waals surface area contributed by atoms with E-state index in [1.54, 1.807) is 0 Å². The molecule has 6 heteroatoms. The minimum Gasteiger partial charge on any atom is -0.326 e. The van der Waals surface area contributed by atoms with Gasteiger partial charge in [0.25, 0.3) is 5.56 Å². The fourth-order valence-corrected chi connectivity index (χ4v) is 2.55. The molecule has 0 radical (unpaired) electrons. The number of nitrogens with one attached hydrogen (secondary N) is 3. The zero-order valence-corrected chi connectivity index (χ0v) is 11.6. The van der Waals surface area contributed by atoms with Gasteiger partial charge in [-0.25, -0.2) is 0 Å². The molecule has 1 aliphatic rings. The van der Waals surface area contributed by atoms with E-state index in [4.69, 9.17) is 5.73 Å². The van der Waals surface area contributed by atoms with Crippen molar-refractivity contribution in [3.8, 4) is 11.3 Å². The molecule has 0 saturated heterocycles. The summed E-state index contributed by atoms with van der Waals surface area (Å²) in [5, 5.41) is 8.13. The summed E-state index contributed by atoms with van der Waals surface area (Å²) in [5.41, 5.74) is 7.90. The van der Waals surface area contributed by atoms with E-state index in [1.807, 2.05) is 24.3 Å². The standard InChI is InChI=1S/C15H18N4O2/c16-15(6-1-7-15)9-14(21)17-11-4-2-10(3-5-11)12-8-13(20)19-18-12/h2-5,8H,1,6-7,9,16H2,(H,17,21)(H2,18,19,20). The van der Waals surface area contributed by atoms with Crippen molar-refractivity contribution < 1.29 is 4.79 Å². The van der Waals surface area contributed by atoms with E-state index in [0.717, 1.165) is 30.5 Å². The molecule has 1 fully saturated rings. The minimum atomic E-state index is -0.311. The molecule has 0 atom stereocenters. The van der Waals surface area contributed by atoms with Gasteiger partial charge >= 0.3 is 0 Å². The first kappa shape index (κ1) is 13.6. The lowest BCUT2D eigenvalue weighted by atomic mass is 9.75. The average molecular weight is 286 g/mol. The molecule has 1 aromatic heterocycles. The van der Waals surface area contributed by atoms with Crippen molar-refractivity contribution >= 4 is 11.6 Å². The first-order chi connectivity index (χ1) is 10.0. The molecular formula is C15H18N4O2. The molecule has 2 aromatic rings. The van der Waals surface area contributed by atoms with Gasteiger partial charge in [-0.2, -0.15) is 0 Å². The molecule has 0 unspecified atom stereocenters. The van der Waals surface area contributed by atoms with Crippen LogP contribution in [-0.4, -0.2) is 21.6 Å². The summed E-state index contributed by atoms with van der Waals surface area (Å²) in [7, 11) is 0. The van der Waals surface area contributed by atoms with Gasteiger partial charge in [0.05, 0.1) is 5.69 Å². The lowest BCUT2D eigenvalue weighted by Gasteiger charge is -2.37. The summed E-state index contributed by atoms with van der Waals surface area (Å²) in [5.74, 6) is -0.0556. The Morgan fingerprint density at radius 3 is 2.48 bits per heavy atom. The molecule has 0 aliphatic heterocycles. The summed E-state index contributed by atoms with van der Waals surface area (Å²) in [6.07, 6.45) is 3.30. The van der Waals surface area contributed by atoms with Crippen LogP contribution in [0.3, 0.4) is 0 Å².